The minimum Gasteiger partial charge on any atom is -0.368 e. The van der Waals surface area contributed by atoms with Gasteiger partial charge >= 0.3 is 6.03 Å². The number of hydrogen-bond donors (Lipinski definition) is 3. The van der Waals surface area contributed by atoms with Crippen LogP contribution in [0.15, 0.2) is 42.6 Å². The number of carbonyl (C=O) groups excluding carboxylic acids is 1. The van der Waals surface area contributed by atoms with E-state index < -0.39 is 11.6 Å². The van der Waals surface area contributed by atoms with Crippen LogP contribution >= 0.6 is 0 Å². The topological polar surface area (TPSA) is 73.0 Å². The van der Waals surface area contributed by atoms with Gasteiger partial charge in [-0.25, -0.2) is 13.6 Å². The van der Waals surface area contributed by atoms with E-state index in [2.05, 4.69) is 20.8 Å². The van der Waals surface area contributed by atoms with Crippen molar-refractivity contribution in [3.63, 3.8) is 0 Å². The van der Waals surface area contributed by atoms with Crippen molar-refractivity contribution < 1.29 is 13.6 Å². The summed E-state index contributed by atoms with van der Waals surface area (Å²) in [6, 6.07) is 9.01. The van der Waals surface area contributed by atoms with Gasteiger partial charge in [-0.05, 0) is 24.3 Å². The number of aromatic amines is 1. The highest BCUT2D eigenvalue weighted by molar-refractivity contribution is 6.00. The maximum atomic E-state index is 13.9. The summed E-state index contributed by atoms with van der Waals surface area (Å²) in [5, 5.41) is 13.6. The van der Waals surface area contributed by atoms with Gasteiger partial charge in [-0.1, -0.05) is 6.07 Å². The molecule has 3 aromatic rings. The van der Waals surface area contributed by atoms with Crippen molar-refractivity contribution in [3.8, 4) is 0 Å². The van der Waals surface area contributed by atoms with Crippen molar-refractivity contribution in [1.82, 2.24) is 15.5 Å². The van der Waals surface area contributed by atoms with Gasteiger partial charge in [-0.15, -0.1) is 0 Å². The molecule has 0 spiro atoms. The Hall–Kier alpha value is -3.16. The molecule has 0 radical (unpaired) electrons. The number of hydrogen-bond acceptors (Lipinski definition) is 3. The highest BCUT2D eigenvalue weighted by Crippen LogP contribution is 2.47. The van der Waals surface area contributed by atoms with Gasteiger partial charge in [0.25, 0.3) is 0 Å². The molecule has 1 saturated carbocycles. The standard InChI is InChI=1S/C19H17F2N5O/c20-10-4-5-17(14(21)6-10)26-8-12-13(9-26)18(12)24-19(27)23-15-2-1-3-16-11(15)7-22-25-16/h1-7,12-13,18H,8-9H2,(H,22,25)(H2,23,24,27). The maximum absolute atomic E-state index is 13.9. The number of fused-ring (bicyclic) bond motifs is 2. The van der Waals surface area contributed by atoms with Crippen LogP contribution in [0.1, 0.15) is 0 Å². The molecule has 2 atom stereocenters. The number of rotatable bonds is 3. The zero-order chi connectivity index (χ0) is 18.5. The molecule has 1 saturated heterocycles. The molecule has 138 valence electrons. The van der Waals surface area contributed by atoms with Gasteiger partial charge < -0.3 is 15.5 Å². The minimum absolute atomic E-state index is 0.0771. The fourth-order valence-electron chi connectivity index (χ4n) is 4.06. The lowest BCUT2D eigenvalue weighted by Gasteiger charge is -2.23. The third-order valence-corrected chi connectivity index (χ3v) is 5.48. The number of H-pyrrole nitrogens is 1. The quantitative estimate of drug-likeness (QED) is 0.664. The van der Waals surface area contributed by atoms with Crippen molar-refractivity contribution in [2.45, 2.75) is 6.04 Å². The zero-order valence-electron chi connectivity index (χ0n) is 14.2. The number of amides is 2. The number of nitrogens with zero attached hydrogens (tertiary/aromatic N) is 2. The number of nitrogens with one attached hydrogen (secondary N) is 3. The van der Waals surface area contributed by atoms with Crippen LogP contribution in [0.3, 0.4) is 0 Å². The summed E-state index contributed by atoms with van der Waals surface area (Å²) in [7, 11) is 0. The molecule has 8 heteroatoms. The van der Waals surface area contributed by atoms with E-state index in [1.807, 2.05) is 23.1 Å². The predicted octanol–water partition coefficient (Wildman–Crippen LogP) is 3.10. The monoisotopic (exact) mass is 369 g/mol. The molecule has 3 N–H and O–H groups in total. The molecule has 6 nitrogen and oxygen atoms in total. The van der Waals surface area contributed by atoms with E-state index in [0.717, 1.165) is 17.0 Å². The molecule has 1 aliphatic heterocycles. The lowest BCUT2D eigenvalue weighted by molar-refractivity contribution is 0.250. The van der Waals surface area contributed by atoms with Gasteiger partial charge in [0.1, 0.15) is 11.6 Å². The highest BCUT2D eigenvalue weighted by Gasteiger charge is 2.56. The van der Waals surface area contributed by atoms with E-state index in [-0.39, 0.29) is 23.9 Å². The van der Waals surface area contributed by atoms with Gasteiger partial charge in [-0.3, -0.25) is 5.10 Å². The first-order valence-electron chi connectivity index (χ1n) is 8.80. The van der Waals surface area contributed by atoms with Crippen molar-refractivity contribution in [2.75, 3.05) is 23.3 Å². The lowest BCUT2D eigenvalue weighted by Crippen LogP contribution is -2.37. The van der Waals surface area contributed by atoms with Crippen LogP contribution in [0.5, 0.6) is 0 Å². The molecule has 2 amide bonds. The van der Waals surface area contributed by atoms with Crippen LogP contribution in [0.4, 0.5) is 25.0 Å². The van der Waals surface area contributed by atoms with Gasteiger partial charge in [0.2, 0.25) is 0 Å². The van der Waals surface area contributed by atoms with Crippen molar-refractivity contribution in [3.05, 3.63) is 54.2 Å². The Morgan fingerprint density at radius 2 is 2.00 bits per heavy atom. The first-order valence-corrected chi connectivity index (χ1v) is 8.80. The van der Waals surface area contributed by atoms with Gasteiger partial charge in [-0.2, -0.15) is 5.10 Å². The fraction of sp³-hybridized carbons (Fsp3) is 0.263. The molecule has 2 fully saturated rings. The minimum atomic E-state index is -0.579. The Kier molecular flexibility index (Phi) is 3.53. The Bertz CT molecular complexity index is 1020. The van der Waals surface area contributed by atoms with Crippen LogP contribution in [-0.4, -0.2) is 35.4 Å². The van der Waals surface area contributed by atoms with Crippen LogP contribution in [0, 0.1) is 23.5 Å². The van der Waals surface area contributed by atoms with E-state index in [1.54, 1.807) is 6.20 Å². The third kappa shape index (κ3) is 2.77. The molecule has 1 aliphatic carbocycles. The molecular formula is C19H17F2N5O. The second kappa shape index (κ2) is 5.94. The molecule has 2 heterocycles. The van der Waals surface area contributed by atoms with Crippen molar-refractivity contribution in [2.24, 2.45) is 11.8 Å². The Balaban J connectivity index is 1.20. The van der Waals surface area contributed by atoms with Gasteiger partial charge in [0, 0.05) is 42.4 Å². The molecule has 27 heavy (non-hydrogen) atoms. The number of carbonyl (C=O) groups is 1. The number of urea groups is 1. The van der Waals surface area contributed by atoms with E-state index in [9.17, 15) is 13.6 Å². The lowest BCUT2D eigenvalue weighted by atomic mass is 10.2. The zero-order valence-corrected chi connectivity index (χ0v) is 14.2. The van der Waals surface area contributed by atoms with E-state index in [1.165, 1.54) is 12.1 Å². The van der Waals surface area contributed by atoms with Gasteiger partial charge in [0.05, 0.1) is 23.1 Å². The summed E-state index contributed by atoms with van der Waals surface area (Å²) in [5.41, 5.74) is 1.96. The number of aromatic nitrogens is 2. The third-order valence-electron chi connectivity index (χ3n) is 5.48. The summed E-state index contributed by atoms with van der Waals surface area (Å²) in [6.45, 7) is 1.30. The molecule has 0 bridgehead atoms. The smallest absolute Gasteiger partial charge is 0.319 e. The summed E-state index contributed by atoms with van der Waals surface area (Å²) in [6.07, 6.45) is 1.67. The van der Waals surface area contributed by atoms with Crippen LogP contribution in [0.2, 0.25) is 0 Å². The average molecular weight is 369 g/mol. The molecule has 1 aromatic heterocycles. The van der Waals surface area contributed by atoms with Gasteiger partial charge in [0.15, 0.2) is 0 Å². The number of halogens is 2. The van der Waals surface area contributed by atoms with Crippen LogP contribution < -0.4 is 15.5 Å². The Morgan fingerprint density at radius 3 is 2.78 bits per heavy atom. The number of benzene rings is 2. The van der Waals surface area contributed by atoms with E-state index in [4.69, 9.17) is 0 Å². The number of anilines is 2. The highest BCUT2D eigenvalue weighted by atomic mass is 19.1. The van der Waals surface area contributed by atoms with Crippen molar-refractivity contribution >= 4 is 28.3 Å². The molecule has 5 rings (SSSR count). The Labute approximate surface area is 153 Å². The summed E-state index contributed by atoms with van der Waals surface area (Å²) in [4.78, 5) is 14.2. The normalized spacial score (nSPS) is 23.3. The maximum Gasteiger partial charge on any atom is 0.319 e. The SMILES string of the molecule is O=C(Nc1cccc2[nH]ncc12)NC1C2CN(c3ccc(F)cc3F)CC21. The second-order valence-electron chi connectivity index (χ2n) is 7.09. The van der Waals surface area contributed by atoms with E-state index >= 15 is 0 Å². The van der Waals surface area contributed by atoms with Crippen LogP contribution in [0.25, 0.3) is 10.9 Å². The first kappa shape index (κ1) is 16.0. The van der Waals surface area contributed by atoms with E-state index in [0.29, 0.717) is 24.5 Å². The molecule has 2 aliphatic rings. The molecule has 2 aromatic carbocycles. The second-order valence-corrected chi connectivity index (χ2v) is 7.09. The predicted molar refractivity (Wildman–Crippen MR) is 97.6 cm³/mol. The summed E-state index contributed by atoms with van der Waals surface area (Å²) in [5.74, 6) is -0.564. The molecular weight excluding hydrogens is 352 g/mol. The average Bonchev–Trinajstić information content (AvgIpc) is 3.04. The molecule has 2 unspecified atom stereocenters. The summed E-state index contributed by atoms with van der Waals surface area (Å²) < 4.78 is 27.0. The first-order chi connectivity index (χ1) is 13.1. The summed E-state index contributed by atoms with van der Waals surface area (Å²) >= 11 is 0. The largest absolute Gasteiger partial charge is 0.368 e. The van der Waals surface area contributed by atoms with Crippen LogP contribution in [-0.2, 0) is 0 Å². The fourth-order valence-corrected chi connectivity index (χ4v) is 4.06. The van der Waals surface area contributed by atoms with Crippen molar-refractivity contribution in [1.29, 1.82) is 0 Å². The number of piperidine rings is 1. The Morgan fingerprint density at radius 1 is 1.19 bits per heavy atom.